The van der Waals surface area contributed by atoms with Gasteiger partial charge in [0.2, 0.25) is 5.91 Å². The number of anilines is 1. The first-order chi connectivity index (χ1) is 15.0. The molecule has 7 heteroatoms. The molecule has 0 fully saturated rings. The number of rotatable bonds is 6. The van der Waals surface area contributed by atoms with Gasteiger partial charge in [-0.25, -0.2) is 4.98 Å². The minimum atomic E-state index is -0.237. The van der Waals surface area contributed by atoms with Crippen molar-refractivity contribution in [3.05, 3.63) is 80.1 Å². The quantitative estimate of drug-likeness (QED) is 0.375. The Bertz CT molecular complexity index is 1290. The van der Waals surface area contributed by atoms with Crippen molar-refractivity contribution in [2.45, 2.75) is 33.2 Å². The van der Waals surface area contributed by atoms with Gasteiger partial charge in [0.1, 0.15) is 11.4 Å². The summed E-state index contributed by atoms with van der Waals surface area (Å²) in [6.45, 7) is 4.04. The third-order valence-electron chi connectivity index (χ3n) is 5.29. The molecule has 1 amide bonds. The number of benzene rings is 2. The lowest BCUT2D eigenvalue weighted by atomic mass is 10.0. The molecular weight excluding hydrogens is 474 g/mol. The van der Waals surface area contributed by atoms with Gasteiger partial charge in [-0.15, -0.1) is 11.3 Å². The molecule has 0 aliphatic carbocycles. The largest absolute Gasteiger partial charge is 0.324 e. The van der Waals surface area contributed by atoms with Crippen LogP contribution in [0.15, 0.2) is 63.4 Å². The van der Waals surface area contributed by atoms with Crippen molar-refractivity contribution in [3.8, 4) is 11.1 Å². The van der Waals surface area contributed by atoms with E-state index < -0.39 is 0 Å². The normalized spacial score (nSPS) is 11.1. The lowest BCUT2D eigenvalue weighted by Gasteiger charge is -2.15. The molecule has 0 aliphatic rings. The molecule has 158 valence electrons. The predicted octanol–water partition coefficient (Wildman–Crippen LogP) is 5.65. The summed E-state index contributed by atoms with van der Waals surface area (Å²) < 4.78 is 2.36. The monoisotopic (exact) mass is 495 g/mol. The topological polar surface area (TPSA) is 64.0 Å². The zero-order valence-electron chi connectivity index (χ0n) is 17.3. The van der Waals surface area contributed by atoms with E-state index in [1.54, 1.807) is 0 Å². The molecule has 0 atom stereocenters. The van der Waals surface area contributed by atoms with E-state index in [0.717, 1.165) is 45.3 Å². The lowest BCUT2D eigenvalue weighted by molar-refractivity contribution is -0.116. The number of aromatic nitrogens is 2. The third-order valence-corrected chi connectivity index (χ3v) is 6.71. The minimum Gasteiger partial charge on any atom is -0.324 e. The van der Waals surface area contributed by atoms with E-state index in [1.165, 1.54) is 22.2 Å². The number of hydrogen-bond donors (Lipinski definition) is 1. The fourth-order valence-electron chi connectivity index (χ4n) is 3.66. The number of thiophene rings is 1. The summed E-state index contributed by atoms with van der Waals surface area (Å²) in [7, 11) is 0. The Morgan fingerprint density at radius 3 is 2.42 bits per heavy atom. The summed E-state index contributed by atoms with van der Waals surface area (Å²) in [6.07, 6.45) is 3.10. The smallest absolute Gasteiger partial charge is 0.263 e. The standard InChI is InChI=1S/C24H22BrN3O2S/c1-3-15-6-5-7-16(4-2)22(15)27-20(29)12-28-14-26-23-21(24(28)30)19(13-31-23)17-8-10-18(25)11-9-17/h5-11,13-14H,3-4,12H2,1-2H3,(H,27,29). The number of amides is 1. The number of fused-ring (bicyclic) bond motifs is 1. The highest BCUT2D eigenvalue weighted by Gasteiger charge is 2.16. The number of carbonyl (C=O) groups excluding carboxylic acids is 1. The Labute approximate surface area is 192 Å². The first-order valence-corrected chi connectivity index (χ1v) is 11.8. The van der Waals surface area contributed by atoms with E-state index in [9.17, 15) is 9.59 Å². The zero-order chi connectivity index (χ0) is 22.0. The SMILES string of the molecule is CCc1cccc(CC)c1NC(=O)Cn1cnc2scc(-c3ccc(Br)cc3)c2c1=O. The molecule has 0 saturated heterocycles. The molecule has 4 aromatic rings. The highest BCUT2D eigenvalue weighted by atomic mass is 79.9. The predicted molar refractivity (Wildman–Crippen MR) is 131 cm³/mol. The summed E-state index contributed by atoms with van der Waals surface area (Å²) in [6, 6.07) is 13.9. The van der Waals surface area contributed by atoms with Crippen molar-refractivity contribution in [2.24, 2.45) is 0 Å². The minimum absolute atomic E-state index is 0.0847. The molecule has 5 nitrogen and oxygen atoms in total. The van der Waals surface area contributed by atoms with Crippen LogP contribution in [-0.2, 0) is 24.2 Å². The van der Waals surface area contributed by atoms with E-state index >= 15 is 0 Å². The maximum absolute atomic E-state index is 13.2. The van der Waals surface area contributed by atoms with Crippen molar-refractivity contribution in [1.29, 1.82) is 0 Å². The highest BCUT2D eigenvalue weighted by molar-refractivity contribution is 9.10. The molecule has 0 unspecified atom stereocenters. The van der Waals surface area contributed by atoms with E-state index in [1.807, 2.05) is 47.8 Å². The Morgan fingerprint density at radius 2 is 1.77 bits per heavy atom. The lowest BCUT2D eigenvalue weighted by Crippen LogP contribution is -2.28. The second-order valence-corrected chi connectivity index (χ2v) is 8.99. The van der Waals surface area contributed by atoms with Crippen LogP contribution < -0.4 is 10.9 Å². The Balaban J connectivity index is 1.66. The summed E-state index contributed by atoms with van der Waals surface area (Å²) in [5.41, 5.74) is 4.60. The van der Waals surface area contributed by atoms with Crippen LogP contribution in [0.25, 0.3) is 21.3 Å². The van der Waals surface area contributed by atoms with Crippen molar-refractivity contribution in [1.82, 2.24) is 9.55 Å². The summed E-state index contributed by atoms with van der Waals surface area (Å²) >= 11 is 4.87. The van der Waals surface area contributed by atoms with Crippen molar-refractivity contribution >= 4 is 49.1 Å². The summed E-state index contributed by atoms with van der Waals surface area (Å²) in [5, 5.41) is 5.51. The number of nitrogens with zero attached hydrogens (tertiary/aromatic N) is 2. The molecule has 0 bridgehead atoms. The number of carbonyl (C=O) groups is 1. The van der Waals surface area contributed by atoms with E-state index in [0.29, 0.717) is 10.2 Å². The third kappa shape index (κ3) is 4.34. The number of nitrogens with one attached hydrogen (secondary N) is 1. The second kappa shape index (κ2) is 9.16. The maximum Gasteiger partial charge on any atom is 0.263 e. The van der Waals surface area contributed by atoms with Crippen LogP contribution in [0.4, 0.5) is 5.69 Å². The van der Waals surface area contributed by atoms with Gasteiger partial charge in [-0.05, 0) is 41.7 Å². The number of halogens is 1. The van der Waals surface area contributed by atoms with Crippen LogP contribution in [0.2, 0.25) is 0 Å². The van der Waals surface area contributed by atoms with Crippen molar-refractivity contribution in [3.63, 3.8) is 0 Å². The molecule has 4 rings (SSSR count). The van der Waals surface area contributed by atoms with E-state index in [2.05, 4.69) is 40.1 Å². The maximum atomic E-state index is 13.2. The van der Waals surface area contributed by atoms with Gasteiger partial charge >= 0.3 is 0 Å². The molecule has 0 aliphatic heterocycles. The zero-order valence-corrected chi connectivity index (χ0v) is 19.7. The average molecular weight is 496 g/mol. The molecule has 0 radical (unpaired) electrons. The van der Waals surface area contributed by atoms with E-state index in [-0.39, 0.29) is 18.0 Å². The molecule has 2 heterocycles. The van der Waals surface area contributed by atoms with Crippen molar-refractivity contribution < 1.29 is 4.79 Å². The molecule has 0 spiro atoms. The molecule has 0 saturated carbocycles. The number of hydrogen-bond acceptors (Lipinski definition) is 4. The molecule has 31 heavy (non-hydrogen) atoms. The number of para-hydroxylation sites is 1. The van der Waals surface area contributed by atoms with Gasteiger partial charge in [0.05, 0.1) is 11.7 Å². The fourth-order valence-corrected chi connectivity index (χ4v) is 4.83. The van der Waals surface area contributed by atoms with Gasteiger partial charge < -0.3 is 5.32 Å². The molecular formula is C24H22BrN3O2S. The van der Waals surface area contributed by atoms with Gasteiger partial charge in [-0.1, -0.05) is 60.1 Å². The van der Waals surface area contributed by atoms with E-state index in [4.69, 9.17) is 0 Å². The summed E-state index contributed by atoms with van der Waals surface area (Å²) in [4.78, 5) is 31.2. The van der Waals surface area contributed by atoms with Crippen molar-refractivity contribution in [2.75, 3.05) is 5.32 Å². The van der Waals surface area contributed by atoms with Gasteiger partial charge in [0.25, 0.3) is 5.56 Å². The molecule has 2 aromatic heterocycles. The second-order valence-electron chi connectivity index (χ2n) is 7.22. The van der Waals surface area contributed by atoms with Crippen LogP contribution in [0.5, 0.6) is 0 Å². The van der Waals surface area contributed by atoms with Crippen LogP contribution in [0.1, 0.15) is 25.0 Å². The van der Waals surface area contributed by atoms with Gasteiger partial charge in [-0.2, -0.15) is 0 Å². The Morgan fingerprint density at radius 1 is 1.10 bits per heavy atom. The Kier molecular flexibility index (Phi) is 6.34. The van der Waals surface area contributed by atoms with Crippen LogP contribution >= 0.6 is 27.3 Å². The highest BCUT2D eigenvalue weighted by Crippen LogP contribution is 2.31. The van der Waals surface area contributed by atoms with Crippen LogP contribution in [-0.4, -0.2) is 15.5 Å². The number of aryl methyl sites for hydroxylation is 2. The fraction of sp³-hybridized carbons (Fsp3) is 0.208. The van der Waals surface area contributed by atoms with Crippen LogP contribution in [0, 0.1) is 0 Å². The van der Waals surface area contributed by atoms with Gasteiger partial charge in [0.15, 0.2) is 0 Å². The molecule has 2 aromatic carbocycles. The average Bonchev–Trinajstić information content (AvgIpc) is 3.21. The Hall–Kier alpha value is -2.77. The summed E-state index contributed by atoms with van der Waals surface area (Å²) in [5.74, 6) is -0.237. The first-order valence-electron chi connectivity index (χ1n) is 10.1. The first kappa shape index (κ1) is 21.5. The van der Waals surface area contributed by atoms with Crippen LogP contribution in [0.3, 0.4) is 0 Å². The molecule has 1 N–H and O–H groups in total. The van der Waals surface area contributed by atoms with Gasteiger partial charge in [-0.3, -0.25) is 14.2 Å². The van der Waals surface area contributed by atoms with Gasteiger partial charge in [0, 0.05) is 21.1 Å².